The van der Waals surface area contributed by atoms with Gasteiger partial charge in [0.15, 0.2) is 5.82 Å². The van der Waals surface area contributed by atoms with Gasteiger partial charge in [-0.3, -0.25) is 9.88 Å². The molecule has 1 aliphatic carbocycles. The lowest BCUT2D eigenvalue weighted by molar-refractivity contribution is 0.0815. The van der Waals surface area contributed by atoms with Gasteiger partial charge in [-0.2, -0.15) is 9.97 Å². The largest absolute Gasteiger partial charge is 0.508 e. The smallest absolute Gasteiger partial charge is 0.319 e. The minimum absolute atomic E-state index is 0.0210. The molecule has 4 fully saturated rings. The van der Waals surface area contributed by atoms with Crippen molar-refractivity contribution in [2.24, 2.45) is 5.92 Å². The molecule has 0 spiro atoms. The molecule has 220 valence electrons. The number of nitrogens with one attached hydrogen (secondary N) is 1. The van der Waals surface area contributed by atoms with E-state index >= 15 is 4.39 Å². The van der Waals surface area contributed by atoms with Crippen LogP contribution in [0, 0.1) is 29.9 Å². The molecule has 0 amide bonds. The van der Waals surface area contributed by atoms with Crippen LogP contribution in [0.15, 0.2) is 30.5 Å². The van der Waals surface area contributed by atoms with Gasteiger partial charge in [0.1, 0.15) is 35.2 Å². The van der Waals surface area contributed by atoms with E-state index in [9.17, 15) is 9.50 Å². The summed E-state index contributed by atoms with van der Waals surface area (Å²) in [6.07, 6.45) is 12.7. The Labute approximate surface area is 248 Å². The van der Waals surface area contributed by atoms with Gasteiger partial charge >= 0.3 is 6.01 Å². The average molecular weight is 583 g/mol. The summed E-state index contributed by atoms with van der Waals surface area (Å²) in [7, 11) is 2.14. The maximum absolute atomic E-state index is 16.7. The summed E-state index contributed by atoms with van der Waals surface area (Å²) in [5.41, 5.74) is 0.0856. The number of hydrogen-bond donors (Lipinski definition) is 2. The number of rotatable bonds is 5. The maximum atomic E-state index is 16.7. The van der Waals surface area contributed by atoms with Crippen molar-refractivity contribution in [3.63, 3.8) is 0 Å². The fourth-order valence-corrected chi connectivity index (χ4v) is 7.98. The molecule has 4 aromatic rings. The summed E-state index contributed by atoms with van der Waals surface area (Å²) in [6.45, 7) is 2.96. The van der Waals surface area contributed by atoms with E-state index in [1.165, 1.54) is 30.7 Å². The molecule has 2 aromatic carbocycles. The van der Waals surface area contributed by atoms with Crippen LogP contribution in [-0.4, -0.2) is 75.9 Å². The van der Waals surface area contributed by atoms with Crippen molar-refractivity contribution in [1.29, 1.82) is 0 Å². The molecule has 4 bridgehead atoms. The van der Waals surface area contributed by atoms with Gasteiger partial charge in [0.25, 0.3) is 0 Å². The molecule has 10 heteroatoms. The van der Waals surface area contributed by atoms with Gasteiger partial charge in [-0.15, -0.1) is 6.42 Å². The van der Waals surface area contributed by atoms with Crippen molar-refractivity contribution in [3.05, 3.63) is 47.7 Å². The van der Waals surface area contributed by atoms with E-state index in [1.54, 1.807) is 6.20 Å². The zero-order valence-corrected chi connectivity index (χ0v) is 23.9. The van der Waals surface area contributed by atoms with Crippen LogP contribution in [0.2, 0.25) is 0 Å². The first-order valence-electron chi connectivity index (χ1n) is 15.0. The van der Waals surface area contributed by atoms with Crippen LogP contribution in [-0.2, 0) is 0 Å². The third-order valence-electron chi connectivity index (χ3n) is 10.1. The number of phenolic OH excluding ortho intramolecular Hbond substituents is 1. The number of hydrogen-bond acceptors (Lipinski definition) is 8. The molecule has 4 aliphatic rings. The standard InChI is InChI=1S/C33H32F2N6O2/c1-3-23-26(34)7-4-19-10-22(42)11-24(27(19)23)29-28(35)30-25(13-36-29)31(41-15-20-5-6-21(16-41)37-20)39-32(38-30)43-17-33-9-8-18(12-33)14-40(33)2/h1,4,7,10-11,13,18,20-21,37,42H,5-6,8-9,12,14-17H2,2H3/t18?,20-,21+,33?. The number of phenols is 1. The van der Waals surface area contributed by atoms with Crippen LogP contribution in [0.25, 0.3) is 32.9 Å². The number of likely N-dealkylation sites (tertiary alicyclic amines) is 1. The van der Waals surface area contributed by atoms with E-state index in [2.05, 4.69) is 38.1 Å². The van der Waals surface area contributed by atoms with Crippen LogP contribution in [0.1, 0.15) is 37.7 Å². The summed E-state index contributed by atoms with van der Waals surface area (Å²) in [4.78, 5) is 18.5. The number of pyridine rings is 1. The highest BCUT2D eigenvalue weighted by molar-refractivity contribution is 6.03. The second-order valence-electron chi connectivity index (χ2n) is 12.7. The van der Waals surface area contributed by atoms with E-state index in [1.807, 2.05) is 0 Å². The first-order chi connectivity index (χ1) is 20.8. The Bertz CT molecular complexity index is 1830. The van der Waals surface area contributed by atoms with Crippen molar-refractivity contribution in [2.75, 3.05) is 38.2 Å². The molecule has 43 heavy (non-hydrogen) atoms. The number of aromatic hydroxyl groups is 1. The van der Waals surface area contributed by atoms with Crippen molar-refractivity contribution >= 4 is 27.5 Å². The van der Waals surface area contributed by atoms with Crippen LogP contribution >= 0.6 is 0 Å². The molecule has 2 N–H and O–H groups in total. The Hall–Kier alpha value is -4.07. The van der Waals surface area contributed by atoms with Gasteiger partial charge in [0.05, 0.1) is 16.5 Å². The molecular weight excluding hydrogens is 550 g/mol. The van der Waals surface area contributed by atoms with E-state index in [0.29, 0.717) is 46.6 Å². The lowest BCUT2D eigenvalue weighted by Crippen LogP contribution is -2.51. The molecule has 8 nitrogen and oxygen atoms in total. The van der Waals surface area contributed by atoms with Gasteiger partial charge in [-0.1, -0.05) is 12.0 Å². The third kappa shape index (κ3) is 4.20. The Morgan fingerprint density at radius 2 is 1.95 bits per heavy atom. The van der Waals surface area contributed by atoms with Gasteiger partial charge < -0.3 is 20.1 Å². The number of piperidine rings is 1. The van der Waals surface area contributed by atoms with Gasteiger partial charge in [0.2, 0.25) is 0 Å². The Morgan fingerprint density at radius 1 is 1.14 bits per heavy atom. The molecule has 0 radical (unpaired) electrons. The Balaban J connectivity index is 1.28. The highest BCUT2D eigenvalue weighted by Gasteiger charge is 2.49. The predicted molar refractivity (Wildman–Crippen MR) is 160 cm³/mol. The lowest BCUT2D eigenvalue weighted by Gasteiger charge is -2.36. The summed E-state index contributed by atoms with van der Waals surface area (Å²) >= 11 is 0. The summed E-state index contributed by atoms with van der Waals surface area (Å²) in [5.74, 6) is 2.23. The number of terminal acetylenes is 1. The molecular formula is C33H32F2N6O2. The second-order valence-corrected chi connectivity index (χ2v) is 12.7. The Morgan fingerprint density at radius 3 is 2.67 bits per heavy atom. The van der Waals surface area contributed by atoms with E-state index < -0.39 is 11.6 Å². The van der Waals surface area contributed by atoms with Gasteiger partial charge in [-0.25, -0.2) is 8.78 Å². The minimum Gasteiger partial charge on any atom is -0.508 e. The average Bonchev–Trinajstić information content (AvgIpc) is 3.67. The molecule has 3 saturated heterocycles. The number of nitrogens with zero attached hydrogens (tertiary/aromatic N) is 5. The molecule has 1 saturated carbocycles. The SMILES string of the molecule is C#Cc1c(F)ccc2cc(O)cc(-c3ncc4c(N5C[C@H]6CC[C@@H](C5)N6)nc(OCC56CCC(CN5C)C6)nc4c3F)c12. The molecule has 8 rings (SSSR count). The first kappa shape index (κ1) is 26.5. The van der Waals surface area contributed by atoms with E-state index in [0.717, 1.165) is 45.3 Å². The van der Waals surface area contributed by atoms with Crippen molar-refractivity contribution in [1.82, 2.24) is 25.2 Å². The number of benzene rings is 2. The van der Waals surface area contributed by atoms with Crippen LogP contribution in [0.3, 0.4) is 0 Å². The lowest BCUT2D eigenvalue weighted by atomic mass is 9.96. The highest BCUT2D eigenvalue weighted by atomic mass is 19.1. The van der Waals surface area contributed by atoms with E-state index in [4.69, 9.17) is 16.1 Å². The minimum atomic E-state index is -0.708. The van der Waals surface area contributed by atoms with Crippen molar-refractivity contribution < 1.29 is 18.6 Å². The number of piperazine rings is 1. The van der Waals surface area contributed by atoms with Crippen molar-refractivity contribution in [2.45, 2.75) is 49.7 Å². The normalized spacial score (nSPS) is 26.5. The molecule has 4 atom stereocenters. The molecule has 2 aromatic heterocycles. The fourth-order valence-electron chi connectivity index (χ4n) is 7.98. The fraction of sp³-hybridized carbons (Fsp3) is 0.424. The summed E-state index contributed by atoms with van der Waals surface area (Å²) < 4.78 is 37.8. The first-order valence-corrected chi connectivity index (χ1v) is 15.0. The van der Waals surface area contributed by atoms with Crippen LogP contribution in [0.4, 0.5) is 14.6 Å². The predicted octanol–water partition coefficient (Wildman–Crippen LogP) is 4.61. The molecule has 5 heterocycles. The topological polar surface area (TPSA) is 86.6 Å². The zero-order chi connectivity index (χ0) is 29.5. The zero-order valence-electron chi connectivity index (χ0n) is 23.9. The quantitative estimate of drug-likeness (QED) is 0.330. The van der Waals surface area contributed by atoms with Crippen LogP contribution in [0.5, 0.6) is 11.8 Å². The van der Waals surface area contributed by atoms with Gasteiger partial charge in [-0.05, 0) is 68.7 Å². The third-order valence-corrected chi connectivity index (χ3v) is 10.1. The van der Waals surface area contributed by atoms with Crippen LogP contribution < -0.4 is 15.0 Å². The number of anilines is 1. The van der Waals surface area contributed by atoms with Crippen molar-refractivity contribution in [3.8, 4) is 35.4 Å². The Kier molecular flexibility index (Phi) is 6.01. The number of halogens is 2. The van der Waals surface area contributed by atoms with Gasteiger partial charge in [0, 0.05) is 48.9 Å². The second kappa shape index (κ2) is 9.73. The number of fused-ring (bicyclic) bond motifs is 6. The monoisotopic (exact) mass is 582 g/mol. The molecule has 3 aliphatic heterocycles. The molecule has 2 unspecified atom stereocenters. The summed E-state index contributed by atoms with van der Waals surface area (Å²) in [6, 6.07) is 6.37. The summed E-state index contributed by atoms with van der Waals surface area (Å²) in [5, 5.41) is 15.4. The van der Waals surface area contributed by atoms with E-state index in [-0.39, 0.29) is 39.6 Å². The maximum Gasteiger partial charge on any atom is 0.319 e. The number of likely N-dealkylation sites (N-methyl/N-ethyl adjacent to an activating group) is 1. The number of ether oxygens (including phenoxy) is 1. The number of aromatic nitrogens is 3. The highest BCUT2D eigenvalue weighted by Crippen LogP contribution is 2.46.